The van der Waals surface area contributed by atoms with E-state index in [1.165, 1.54) is 11.3 Å². The Balaban J connectivity index is 1.68. The first kappa shape index (κ1) is 16.9. The van der Waals surface area contributed by atoms with E-state index >= 15 is 0 Å². The zero-order valence-electron chi connectivity index (χ0n) is 13.9. The van der Waals surface area contributed by atoms with Gasteiger partial charge in [-0.1, -0.05) is 6.07 Å². The molecule has 7 heteroatoms. The van der Waals surface area contributed by atoms with E-state index in [1.807, 2.05) is 23.6 Å². The molecule has 0 unspecified atom stereocenters. The standard InChI is InChI=1S/C18H17N3O3S/c1-23-14-6-5-12(16(9-14)24-2)8-17(22)21-18-20-15(11-25-18)13-4-3-7-19-10-13/h3-7,9-11H,8H2,1-2H3,(H,20,21,22). The summed E-state index contributed by atoms with van der Waals surface area (Å²) in [5.74, 6) is 1.14. The van der Waals surface area contributed by atoms with Crippen molar-refractivity contribution in [3.63, 3.8) is 0 Å². The predicted molar refractivity (Wildman–Crippen MR) is 97.2 cm³/mol. The van der Waals surface area contributed by atoms with Gasteiger partial charge in [-0.2, -0.15) is 0 Å². The number of hydrogen-bond donors (Lipinski definition) is 1. The molecule has 6 nitrogen and oxygen atoms in total. The highest BCUT2D eigenvalue weighted by molar-refractivity contribution is 7.14. The monoisotopic (exact) mass is 355 g/mol. The summed E-state index contributed by atoms with van der Waals surface area (Å²) >= 11 is 1.38. The van der Waals surface area contributed by atoms with Gasteiger partial charge in [0.05, 0.1) is 26.3 Å². The summed E-state index contributed by atoms with van der Waals surface area (Å²) in [6.45, 7) is 0. The maximum Gasteiger partial charge on any atom is 0.230 e. The number of anilines is 1. The van der Waals surface area contributed by atoms with Crippen molar-refractivity contribution in [2.24, 2.45) is 0 Å². The second-order valence-corrected chi connectivity index (χ2v) is 6.04. The fourth-order valence-electron chi connectivity index (χ4n) is 2.31. The lowest BCUT2D eigenvalue weighted by molar-refractivity contribution is -0.115. The van der Waals surface area contributed by atoms with Gasteiger partial charge < -0.3 is 14.8 Å². The number of thiazole rings is 1. The Hall–Kier alpha value is -2.93. The fraction of sp³-hybridized carbons (Fsp3) is 0.167. The number of amides is 1. The van der Waals surface area contributed by atoms with Crippen molar-refractivity contribution in [2.75, 3.05) is 19.5 Å². The Morgan fingerprint density at radius 2 is 2.12 bits per heavy atom. The molecule has 25 heavy (non-hydrogen) atoms. The molecule has 1 N–H and O–H groups in total. The van der Waals surface area contributed by atoms with Gasteiger partial charge in [0.15, 0.2) is 5.13 Å². The number of nitrogens with zero attached hydrogens (tertiary/aromatic N) is 2. The molecule has 1 amide bonds. The van der Waals surface area contributed by atoms with E-state index in [0.717, 1.165) is 16.8 Å². The molecule has 0 aliphatic heterocycles. The molecule has 128 valence electrons. The second kappa shape index (κ2) is 7.76. The van der Waals surface area contributed by atoms with Gasteiger partial charge in [0.1, 0.15) is 11.5 Å². The molecular formula is C18H17N3O3S. The molecule has 0 saturated heterocycles. The number of hydrogen-bond acceptors (Lipinski definition) is 6. The molecule has 1 aromatic carbocycles. The number of methoxy groups -OCH3 is 2. The maximum absolute atomic E-state index is 12.3. The van der Waals surface area contributed by atoms with Crippen LogP contribution in [0.3, 0.4) is 0 Å². The van der Waals surface area contributed by atoms with Gasteiger partial charge in [-0.05, 0) is 18.2 Å². The van der Waals surface area contributed by atoms with Crippen molar-refractivity contribution in [1.29, 1.82) is 0 Å². The summed E-state index contributed by atoms with van der Waals surface area (Å²) in [5, 5.41) is 5.26. The van der Waals surface area contributed by atoms with Crippen molar-refractivity contribution >= 4 is 22.4 Å². The molecule has 3 aromatic rings. The number of rotatable bonds is 6. The third kappa shape index (κ3) is 4.13. The van der Waals surface area contributed by atoms with E-state index in [4.69, 9.17) is 9.47 Å². The van der Waals surface area contributed by atoms with E-state index in [-0.39, 0.29) is 12.3 Å². The van der Waals surface area contributed by atoms with Crippen molar-refractivity contribution < 1.29 is 14.3 Å². The van der Waals surface area contributed by atoms with Crippen molar-refractivity contribution in [1.82, 2.24) is 9.97 Å². The Kier molecular flexibility index (Phi) is 5.25. The fourth-order valence-corrected chi connectivity index (χ4v) is 3.05. The largest absolute Gasteiger partial charge is 0.497 e. The molecule has 2 heterocycles. The number of carbonyl (C=O) groups excluding carboxylic acids is 1. The summed E-state index contributed by atoms with van der Waals surface area (Å²) in [4.78, 5) is 20.8. The average Bonchev–Trinajstić information content (AvgIpc) is 3.11. The van der Waals surface area contributed by atoms with Gasteiger partial charge in [-0.15, -0.1) is 11.3 Å². The third-order valence-electron chi connectivity index (χ3n) is 3.55. The minimum atomic E-state index is -0.157. The van der Waals surface area contributed by atoms with E-state index in [9.17, 15) is 4.79 Å². The number of ether oxygens (including phenoxy) is 2. The van der Waals surface area contributed by atoms with E-state index in [0.29, 0.717) is 16.6 Å². The van der Waals surface area contributed by atoms with Gasteiger partial charge in [0.2, 0.25) is 5.91 Å². The smallest absolute Gasteiger partial charge is 0.230 e. The highest BCUT2D eigenvalue weighted by Gasteiger charge is 2.12. The van der Waals surface area contributed by atoms with Crippen molar-refractivity contribution in [2.45, 2.75) is 6.42 Å². The van der Waals surface area contributed by atoms with Crippen LogP contribution >= 0.6 is 11.3 Å². The minimum absolute atomic E-state index is 0.157. The van der Waals surface area contributed by atoms with Crippen LogP contribution in [0.15, 0.2) is 48.1 Å². The SMILES string of the molecule is COc1ccc(CC(=O)Nc2nc(-c3cccnc3)cs2)c(OC)c1. The molecule has 0 spiro atoms. The lowest BCUT2D eigenvalue weighted by atomic mass is 10.1. The molecule has 0 bridgehead atoms. The maximum atomic E-state index is 12.3. The topological polar surface area (TPSA) is 73.3 Å². The molecule has 0 fully saturated rings. The van der Waals surface area contributed by atoms with Crippen LogP contribution in [0.5, 0.6) is 11.5 Å². The number of pyridine rings is 1. The summed E-state index contributed by atoms with van der Waals surface area (Å²) in [6.07, 6.45) is 3.64. The summed E-state index contributed by atoms with van der Waals surface area (Å²) in [5.41, 5.74) is 2.48. The van der Waals surface area contributed by atoms with Crippen LogP contribution < -0.4 is 14.8 Å². The zero-order chi connectivity index (χ0) is 17.6. The quantitative estimate of drug-likeness (QED) is 0.733. The van der Waals surface area contributed by atoms with Crippen LogP contribution in [0.25, 0.3) is 11.3 Å². The molecule has 0 atom stereocenters. The number of aromatic nitrogens is 2. The average molecular weight is 355 g/mol. The Bertz CT molecular complexity index is 865. The van der Waals surface area contributed by atoms with Crippen LogP contribution in [0.1, 0.15) is 5.56 Å². The molecule has 3 rings (SSSR count). The van der Waals surface area contributed by atoms with E-state index in [1.54, 1.807) is 38.7 Å². The first-order valence-corrected chi connectivity index (χ1v) is 8.44. The molecule has 0 saturated carbocycles. The summed E-state index contributed by atoms with van der Waals surface area (Å²) in [7, 11) is 3.15. The molecule has 0 aliphatic carbocycles. The molecule has 0 radical (unpaired) electrons. The van der Waals surface area contributed by atoms with Crippen molar-refractivity contribution in [3.8, 4) is 22.8 Å². The van der Waals surface area contributed by atoms with Crippen LogP contribution in [0.4, 0.5) is 5.13 Å². The predicted octanol–water partition coefficient (Wildman–Crippen LogP) is 3.40. The Labute approximate surface area is 149 Å². The first-order chi connectivity index (χ1) is 12.2. The van der Waals surface area contributed by atoms with Crippen LogP contribution in [-0.4, -0.2) is 30.1 Å². The van der Waals surface area contributed by atoms with Gasteiger partial charge >= 0.3 is 0 Å². The highest BCUT2D eigenvalue weighted by atomic mass is 32.1. The highest BCUT2D eigenvalue weighted by Crippen LogP contribution is 2.26. The second-order valence-electron chi connectivity index (χ2n) is 5.18. The van der Waals surface area contributed by atoms with Crippen LogP contribution in [0.2, 0.25) is 0 Å². The first-order valence-electron chi connectivity index (χ1n) is 7.56. The van der Waals surface area contributed by atoms with Crippen LogP contribution in [0, 0.1) is 0 Å². The lowest BCUT2D eigenvalue weighted by Gasteiger charge is -2.10. The Morgan fingerprint density at radius 1 is 1.24 bits per heavy atom. The Morgan fingerprint density at radius 3 is 2.84 bits per heavy atom. The lowest BCUT2D eigenvalue weighted by Crippen LogP contribution is -2.14. The number of benzene rings is 1. The summed E-state index contributed by atoms with van der Waals surface area (Å²) < 4.78 is 10.5. The normalized spacial score (nSPS) is 10.3. The number of nitrogens with one attached hydrogen (secondary N) is 1. The van der Waals surface area contributed by atoms with Gasteiger partial charge in [0.25, 0.3) is 0 Å². The van der Waals surface area contributed by atoms with Gasteiger partial charge in [-0.25, -0.2) is 4.98 Å². The molecule has 2 aromatic heterocycles. The van der Waals surface area contributed by atoms with Crippen LogP contribution in [-0.2, 0) is 11.2 Å². The summed E-state index contributed by atoms with van der Waals surface area (Å²) in [6, 6.07) is 9.15. The van der Waals surface area contributed by atoms with Crippen molar-refractivity contribution in [3.05, 3.63) is 53.7 Å². The zero-order valence-corrected chi connectivity index (χ0v) is 14.7. The van der Waals surface area contributed by atoms with E-state index < -0.39 is 0 Å². The number of carbonyl (C=O) groups is 1. The molecular weight excluding hydrogens is 338 g/mol. The third-order valence-corrected chi connectivity index (χ3v) is 4.31. The van der Waals surface area contributed by atoms with Gasteiger partial charge in [0, 0.05) is 35.0 Å². The minimum Gasteiger partial charge on any atom is -0.497 e. The molecule has 0 aliphatic rings. The van der Waals surface area contributed by atoms with Gasteiger partial charge in [-0.3, -0.25) is 9.78 Å². The van der Waals surface area contributed by atoms with E-state index in [2.05, 4.69) is 15.3 Å².